The summed E-state index contributed by atoms with van der Waals surface area (Å²) in [5, 5.41) is 3.46. The average Bonchev–Trinajstić information content (AvgIpc) is 2.41. The Kier molecular flexibility index (Phi) is 3.76. The number of hydrogen-bond donors (Lipinski definition) is 1. The molecule has 1 rings (SSSR count). The maximum absolute atomic E-state index is 4.97. The van der Waals surface area contributed by atoms with Crippen LogP contribution in [-0.4, -0.2) is 26.3 Å². The van der Waals surface area contributed by atoms with Crippen LogP contribution in [0, 0.1) is 0 Å². The molecule has 0 unspecified atom stereocenters. The topological polar surface area (TPSA) is 21.3 Å². The second-order valence-electron chi connectivity index (χ2n) is 2.93. The molecular formula is C8H17NO. The van der Waals surface area contributed by atoms with Crippen LogP contribution in [0.1, 0.15) is 25.7 Å². The highest BCUT2D eigenvalue weighted by Gasteiger charge is 2.12. The predicted octanol–water partition coefficient (Wildman–Crippen LogP) is 1.17. The third kappa shape index (κ3) is 2.67. The molecule has 0 aromatic carbocycles. The monoisotopic (exact) mass is 143 g/mol. The van der Waals surface area contributed by atoms with Crippen molar-refractivity contribution in [2.45, 2.75) is 31.7 Å². The molecular weight excluding hydrogens is 126 g/mol. The lowest BCUT2D eigenvalue weighted by Crippen LogP contribution is -2.21. The molecule has 0 amide bonds. The van der Waals surface area contributed by atoms with E-state index in [0.717, 1.165) is 12.6 Å². The first kappa shape index (κ1) is 8.02. The van der Waals surface area contributed by atoms with Gasteiger partial charge in [0.05, 0.1) is 0 Å². The van der Waals surface area contributed by atoms with E-state index in [1.54, 1.807) is 7.11 Å². The van der Waals surface area contributed by atoms with Crippen LogP contribution >= 0.6 is 0 Å². The van der Waals surface area contributed by atoms with Gasteiger partial charge >= 0.3 is 0 Å². The molecule has 1 fully saturated rings. The number of methoxy groups -OCH3 is 1. The number of ether oxygens (including phenoxy) is 1. The lowest BCUT2D eigenvalue weighted by atomic mass is 10.1. The molecule has 1 aliphatic heterocycles. The van der Waals surface area contributed by atoms with Gasteiger partial charge in [-0.05, 0) is 32.2 Å². The Morgan fingerprint density at radius 2 is 2.50 bits per heavy atom. The lowest BCUT2D eigenvalue weighted by Gasteiger charge is -2.07. The molecule has 1 atom stereocenters. The van der Waals surface area contributed by atoms with E-state index in [0.29, 0.717) is 0 Å². The molecule has 0 aromatic heterocycles. The van der Waals surface area contributed by atoms with E-state index in [2.05, 4.69) is 5.32 Å². The van der Waals surface area contributed by atoms with Gasteiger partial charge in [0.15, 0.2) is 0 Å². The van der Waals surface area contributed by atoms with E-state index in [1.165, 1.54) is 32.2 Å². The highest BCUT2D eigenvalue weighted by molar-refractivity contribution is 4.73. The minimum Gasteiger partial charge on any atom is -0.385 e. The summed E-state index contributed by atoms with van der Waals surface area (Å²) in [7, 11) is 1.77. The van der Waals surface area contributed by atoms with E-state index in [9.17, 15) is 0 Å². The predicted molar refractivity (Wildman–Crippen MR) is 42.1 cm³/mol. The Bertz CT molecular complexity index is 79.3. The van der Waals surface area contributed by atoms with Crippen LogP contribution in [0.15, 0.2) is 0 Å². The van der Waals surface area contributed by atoms with Gasteiger partial charge in [-0.25, -0.2) is 0 Å². The molecule has 10 heavy (non-hydrogen) atoms. The van der Waals surface area contributed by atoms with Gasteiger partial charge in [0.1, 0.15) is 0 Å². The largest absolute Gasteiger partial charge is 0.385 e. The summed E-state index contributed by atoms with van der Waals surface area (Å²) in [5.74, 6) is 0. The van der Waals surface area contributed by atoms with E-state index >= 15 is 0 Å². The Hall–Kier alpha value is -0.0800. The van der Waals surface area contributed by atoms with Crippen molar-refractivity contribution in [1.29, 1.82) is 0 Å². The van der Waals surface area contributed by atoms with Gasteiger partial charge in [-0.2, -0.15) is 0 Å². The molecule has 1 heterocycles. The maximum Gasteiger partial charge on any atom is 0.0462 e. The molecule has 0 aromatic rings. The fourth-order valence-corrected chi connectivity index (χ4v) is 1.48. The van der Waals surface area contributed by atoms with E-state index < -0.39 is 0 Å². The Labute approximate surface area is 63.0 Å². The zero-order chi connectivity index (χ0) is 7.23. The van der Waals surface area contributed by atoms with Crippen LogP contribution in [0.25, 0.3) is 0 Å². The summed E-state index contributed by atoms with van der Waals surface area (Å²) in [5.41, 5.74) is 0. The van der Waals surface area contributed by atoms with Crippen molar-refractivity contribution in [3.8, 4) is 0 Å². The zero-order valence-electron chi connectivity index (χ0n) is 6.73. The smallest absolute Gasteiger partial charge is 0.0462 e. The van der Waals surface area contributed by atoms with Crippen LogP contribution in [-0.2, 0) is 4.74 Å². The van der Waals surface area contributed by atoms with E-state index in [1.807, 2.05) is 0 Å². The Morgan fingerprint density at radius 3 is 3.10 bits per heavy atom. The van der Waals surface area contributed by atoms with Crippen LogP contribution in [0.2, 0.25) is 0 Å². The second-order valence-corrected chi connectivity index (χ2v) is 2.93. The summed E-state index contributed by atoms with van der Waals surface area (Å²) < 4.78 is 4.97. The molecule has 0 aliphatic carbocycles. The average molecular weight is 143 g/mol. The Balaban J connectivity index is 1.91. The zero-order valence-corrected chi connectivity index (χ0v) is 6.73. The molecule has 1 N–H and O–H groups in total. The fourth-order valence-electron chi connectivity index (χ4n) is 1.48. The molecule has 0 spiro atoms. The van der Waals surface area contributed by atoms with Crippen molar-refractivity contribution >= 4 is 0 Å². The van der Waals surface area contributed by atoms with Crippen molar-refractivity contribution < 1.29 is 4.74 Å². The van der Waals surface area contributed by atoms with Crippen molar-refractivity contribution in [1.82, 2.24) is 5.32 Å². The van der Waals surface area contributed by atoms with E-state index in [-0.39, 0.29) is 0 Å². The molecule has 1 saturated heterocycles. The summed E-state index contributed by atoms with van der Waals surface area (Å²) in [6.45, 7) is 2.13. The van der Waals surface area contributed by atoms with Crippen LogP contribution in [0.4, 0.5) is 0 Å². The standard InChI is InChI=1S/C8H17NO/c1-10-7-3-5-8-4-2-6-9-8/h8-9H,2-7H2,1H3/t8-/m0/s1. The molecule has 0 saturated carbocycles. The van der Waals surface area contributed by atoms with Gasteiger partial charge in [-0.1, -0.05) is 0 Å². The van der Waals surface area contributed by atoms with Crippen molar-refractivity contribution in [2.75, 3.05) is 20.3 Å². The molecule has 0 bridgehead atoms. The number of hydrogen-bond acceptors (Lipinski definition) is 2. The molecule has 60 valence electrons. The molecule has 2 nitrogen and oxygen atoms in total. The third-order valence-corrected chi connectivity index (χ3v) is 2.06. The number of nitrogens with one attached hydrogen (secondary N) is 1. The minimum absolute atomic E-state index is 0.787. The van der Waals surface area contributed by atoms with Crippen LogP contribution in [0.5, 0.6) is 0 Å². The highest BCUT2D eigenvalue weighted by atomic mass is 16.5. The van der Waals surface area contributed by atoms with Gasteiger partial charge < -0.3 is 10.1 Å². The van der Waals surface area contributed by atoms with Crippen molar-refractivity contribution in [3.05, 3.63) is 0 Å². The van der Waals surface area contributed by atoms with Crippen LogP contribution in [0.3, 0.4) is 0 Å². The first-order chi connectivity index (χ1) is 4.93. The second kappa shape index (κ2) is 4.69. The molecule has 1 aliphatic rings. The minimum atomic E-state index is 0.787. The Morgan fingerprint density at radius 1 is 1.60 bits per heavy atom. The third-order valence-electron chi connectivity index (χ3n) is 2.06. The first-order valence-electron chi connectivity index (χ1n) is 4.16. The van der Waals surface area contributed by atoms with Gasteiger partial charge in [0.25, 0.3) is 0 Å². The highest BCUT2D eigenvalue weighted by Crippen LogP contribution is 2.09. The summed E-state index contributed by atoms with van der Waals surface area (Å²) in [4.78, 5) is 0. The fraction of sp³-hybridized carbons (Fsp3) is 1.00. The van der Waals surface area contributed by atoms with Gasteiger partial charge in [-0.15, -0.1) is 0 Å². The number of rotatable bonds is 4. The first-order valence-corrected chi connectivity index (χ1v) is 4.16. The molecule has 0 radical (unpaired) electrons. The van der Waals surface area contributed by atoms with Crippen molar-refractivity contribution in [3.63, 3.8) is 0 Å². The van der Waals surface area contributed by atoms with Gasteiger partial charge in [-0.3, -0.25) is 0 Å². The van der Waals surface area contributed by atoms with Gasteiger partial charge in [0, 0.05) is 19.8 Å². The lowest BCUT2D eigenvalue weighted by molar-refractivity contribution is 0.189. The SMILES string of the molecule is COCCC[C@@H]1CCCN1. The molecule has 2 heteroatoms. The maximum atomic E-state index is 4.97. The summed E-state index contributed by atoms with van der Waals surface area (Å²) in [6.07, 6.45) is 5.21. The summed E-state index contributed by atoms with van der Waals surface area (Å²) >= 11 is 0. The quantitative estimate of drug-likeness (QED) is 0.596. The van der Waals surface area contributed by atoms with Crippen molar-refractivity contribution in [2.24, 2.45) is 0 Å². The van der Waals surface area contributed by atoms with E-state index in [4.69, 9.17) is 4.74 Å². The summed E-state index contributed by atoms with van der Waals surface area (Å²) in [6, 6.07) is 0.787. The normalized spacial score (nSPS) is 25.5. The van der Waals surface area contributed by atoms with Crippen LogP contribution < -0.4 is 5.32 Å². The van der Waals surface area contributed by atoms with Gasteiger partial charge in [0.2, 0.25) is 0 Å².